The average molecular weight is 449 g/mol. The number of hydrogen-bond acceptors (Lipinski definition) is 7. The number of piperidine rings is 1. The Kier molecular flexibility index (Phi) is 6.12. The summed E-state index contributed by atoms with van der Waals surface area (Å²) in [6, 6.07) is 12.5. The minimum atomic E-state index is -3.61. The van der Waals surface area contributed by atoms with Crippen LogP contribution in [0.5, 0.6) is 16.7 Å². The fourth-order valence-electron chi connectivity index (χ4n) is 3.47. The highest BCUT2D eigenvalue weighted by molar-refractivity contribution is 7.89. The third-order valence-corrected chi connectivity index (χ3v) is 7.88. The number of sulfonamides is 1. The maximum absolute atomic E-state index is 13.1. The number of thiazole rings is 1. The Bertz CT molecular complexity index is 1120. The van der Waals surface area contributed by atoms with Crippen molar-refractivity contribution in [1.82, 2.24) is 9.29 Å². The molecule has 0 N–H and O–H groups in total. The van der Waals surface area contributed by atoms with E-state index >= 15 is 0 Å². The van der Waals surface area contributed by atoms with Crippen molar-refractivity contribution >= 4 is 31.6 Å². The predicted molar refractivity (Wildman–Crippen MR) is 116 cm³/mol. The van der Waals surface area contributed by atoms with Crippen molar-refractivity contribution in [2.75, 3.05) is 26.8 Å². The van der Waals surface area contributed by atoms with Gasteiger partial charge in [0.2, 0.25) is 10.0 Å². The molecule has 160 valence electrons. The lowest BCUT2D eigenvalue weighted by atomic mass is 10.1. The van der Waals surface area contributed by atoms with Crippen LogP contribution in [0.1, 0.15) is 19.8 Å². The number of rotatable bonds is 7. The van der Waals surface area contributed by atoms with Gasteiger partial charge in [-0.1, -0.05) is 23.5 Å². The first-order valence-electron chi connectivity index (χ1n) is 9.84. The molecular formula is C21H24N2O5S2. The van der Waals surface area contributed by atoms with Crippen LogP contribution in [0.15, 0.2) is 47.4 Å². The van der Waals surface area contributed by atoms with E-state index in [0.29, 0.717) is 43.5 Å². The predicted octanol–water partition coefficient (Wildman–Crippen LogP) is 3.94. The first-order chi connectivity index (χ1) is 14.5. The van der Waals surface area contributed by atoms with E-state index in [9.17, 15) is 8.42 Å². The summed E-state index contributed by atoms with van der Waals surface area (Å²) in [5.74, 6) is 1.15. The van der Waals surface area contributed by atoms with Gasteiger partial charge in [-0.3, -0.25) is 0 Å². The van der Waals surface area contributed by atoms with Gasteiger partial charge < -0.3 is 14.2 Å². The molecule has 0 amide bonds. The minimum Gasteiger partial charge on any atom is -0.497 e. The van der Waals surface area contributed by atoms with E-state index in [2.05, 4.69) is 4.98 Å². The lowest BCUT2D eigenvalue weighted by Crippen LogP contribution is -2.41. The topological polar surface area (TPSA) is 78.0 Å². The number of ether oxygens (including phenoxy) is 3. The van der Waals surface area contributed by atoms with Crippen LogP contribution in [0.2, 0.25) is 0 Å². The van der Waals surface area contributed by atoms with Crippen LogP contribution < -0.4 is 14.2 Å². The third kappa shape index (κ3) is 4.23. The molecule has 1 aliphatic rings. The van der Waals surface area contributed by atoms with Gasteiger partial charge in [-0.2, -0.15) is 4.31 Å². The van der Waals surface area contributed by atoms with Gasteiger partial charge in [0.15, 0.2) is 0 Å². The number of benzene rings is 2. The van der Waals surface area contributed by atoms with Crippen LogP contribution in [0.4, 0.5) is 0 Å². The van der Waals surface area contributed by atoms with Crippen LogP contribution in [0, 0.1) is 0 Å². The van der Waals surface area contributed by atoms with E-state index in [0.717, 1.165) is 16.0 Å². The Morgan fingerprint density at radius 2 is 1.93 bits per heavy atom. The molecule has 1 aliphatic heterocycles. The zero-order valence-electron chi connectivity index (χ0n) is 16.9. The molecule has 9 heteroatoms. The van der Waals surface area contributed by atoms with Gasteiger partial charge in [-0.05, 0) is 44.0 Å². The van der Waals surface area contributed by atoms with Gasteiger partial charge in [0, 0.05) is 19.2 Å². The maximum Gasteiger partial charge on any atom is 0.274 e. The molecule has 1 aromatic heterocycles. The lowest BCUT2D eigenvalue weighted by molar-refractivity contribution is 0.135. The van der Waals surface area contributed by atoms with E-state index in [1.165, 1.54) is 15.6 Å². The maximum atomic E-state index is 13.1. The third-order valence-electron chi connectivity index (χ3n) is 5.01. The van der Waals surface area contributed by atoms with Gasteiger partial charge in [0.05, 0.1) is 23.9 Å². The average Bonchev–Trinajstić information content (AvgIpc) is 3.16. The van der Waals surface area contributed by atoms with E-state index < -0.39 is 10.0 Å². The highest BCUT2D eigenvalue weighted by atomic mass is 32.2. The molecule has 0 saturated carbocycles. The molecule has 0 atom stereocenters. The van der Waals surface area contributed by atoms with Gasteiger partial charge in [0.1, 0.15) is 22.5 Å². The molecular weight excluding hydrogens is 424 g/mol. The number of methoxy groups -OCH3 is 1. The summed E-state index contributed by atoms with van der Waals surface area (Å²) in [6.45, 7) is 3.04. The quantitative estimate of drug-likeness (QED) is 0.545. The van der Waals surface area contributed by atoms with E-state index in [1.54, 1.807) is 31.4 Å². The molecule has 3 aromatic rings. The monoisotopic (exact) mass is 448 g/mol. The lowest BCUT2D eigenvalue weighted by Gasteiger charge is -2.31. The van der Waals surface area contributed by atoms with Crippen molar-refractivity contribution in [2.24, 2.45) is 0 Å². The molecule has 4 rings (SSSR count). The van der Waals surface area contributed by atoms with Gasteiger partial charge in [-0.15, -0.1) is 0 Å². The summed E-state index contributed by atoms with van der Waals surface area (Å²) in [6.07, 6.45) is 1.14. The summed E-state index contributed by atoms with van der Waals surface area (Å²) in [7, 11) is -1.99. The largest absolute Gasteiger partial charge is 0.497 e. The number of hydrogen-bond donors (Lipinski definition) is 0. The highest BCUT2D eigenvalue weighted by Crippen LogP contribution is 2.33. The van der Waals surface area contributed by atoms with Crippen molar-refractivity contribution in [3.63, 3.8) is 0 Å². The van der Waals surface area contributed by atoms with Crippen LogP contribution >= 0.6 is 11.3 Å². The number of fused-ring (bicyclic) bond motifs is 1. The molecule has 2 heterocycles. The molecule has 0 aliphatic carbocycles. The second kappa shape index (κ2) is 8.79. The number of para-hydroxylation sites is 1. The molecule has 7 nitrogen and oxygen atoms in total. The Labute approximate surface area is 180 Å². The molecule has 0 radical (unpaired) electrons. The van der Waals surface area contributed by atoms with Gasteiger partial charge in [0.25, 0.3) is 5.19 Å². The Balaban J connectivity index is 1.42. The van der Waals surface area contributed by atoms with Crippen molar-refractivity contribution in [3.05, 3.63) is 42.5 Å². The van der Waals surface area contributed by atoms with Crippen molar-refractivity contribution in [2.45, 2.75) is 30.8 Å². The van der Waals surface area contributed by atoms with E-state index in [4.69, 9.17) is 14.2 Å². The van der Waals surface area contributed by atoms with Crippen molar-refractivity contribution in [3.8, 4) is 16.7 Å². The summed E-state index contributed by atoms with van der Waals surface area (Å²) in [5.41, 5.74) is 0.835. The molecule has 30 heavy (non-hydrogen) atoms. The second-order valence-electron chi connectivity index (χ2n) is 6.91. The summed E-state index contributed by atoms with van der Waals surface area (Å²) < 4.78 is 45.6. The van der Waals surface area contributed by atoms with Crippen molar-refractivity contribution < 1.29 is 22.6 Å². The fraction of sp³-hybridized carbons (Fsp3) is 0.381. The van der Waals surface area contributed by atoms with Gasteiger partial charge >= 0.3 is 0 Å². The van der Waals surface area contributed by atoms with Crippen LogP contribution in [0.3, 0.4) is 0 Å². The number of aromatic nitrogens is 1. The summed E-state index contributed by atoms with van der Waals surface area (Å²) in [4.78, 5) is 4.74. The van der Waals surface area contributed by atoms with E-state index in [-0.39, 0.29) is 11.0 Å². The van der Waals surface area contributed by atoms with Crippen LogP contribution in [-0.4, -0.2) is 50.6 Å². The Morgan fingerprint density at radius 1 is 1.17 bits per heavy atom. The number of nitrogens with zero attached hydrogens (tertiary/aromatic N) is 2. The van der Waals surface area contributed by atoms with Crippen LogP contribution in [-0.2, 0) is 10.0 Å². The summed E-state index contributed by atoms with van der Waals surface area (Å²) in [5, 5.41) is 0.598. The standard InChI is InChI=1S/C21H24N2O5S2/c1-3-27-18-6-4-5-7-20(18)30(24,25)23-12-10-15(11-13-23)28-21-22-17-14-16(26-2)8-9-19(17)29-21/h4-9,14-15H,3,10-13H2,1-2H3. The molecule has 0 spiro atoms. The SMILES string of the molecule is CCOc1ccccc1S(=O)(=O)N1CCC(Oc2nc3cc(OC)ccc3s2)CC1. The first kappa shape index (κ1) is 20.9. The molecule has 2 aromatic carbocycles. The van der Waals surface area contributed by atoms with Gasteiger partial charge in [-0.25, -0.2) is 13.4 Å². The van der Waals surface area contributed by atoms with Crippen LogP contribution in [0.25, 0.3) is 10.2 Å². The molecule has 0 bridgehead atoms. The molecule has 1 saturated heterocycles. The zero-order chi connectivity index (χ0) is 21.1. The smallest absolute Gasteiger partial charge is 0.274 e. The normalized spacial score (nSPS) is 15.9. The fourth-order valence-corrected chi connectivity index (χ4v) is 5.94. The van der Waals surface area contributed by atoms with Crippen molar-refractivity contribution in [1.29, 1.82) is 0 Å². The Morgan fingerprint density at radius 3 is 2.67 bits per heavy atom. The Hall–Kier alpha value is -2.36. The second-order valence-corrected chi connectivity index (χ2v) is 9.81. The summed E-state index contributed by atoms with van der Waals surface area (Å²) >= 11 is 1.48. The van der Waals surface area contributed by atoms with E-state index in [1.807, 2.05) is 25.1 Å². The first-order valence-corrected chi connectivity index (χ1v) is 12.1. The molecule has 0 unspecified atom stereocenters. The zero-order valence-corrected chi connectivity index (χ0v) is 18.5. The molecule has 1 fully saturated rings. The minimum absolute atomic E-state index is 0.0685. The highest BCUT2D eigenvalue weighted by Gasteiger charge is 2.32.